The Kier molecular flexibility index (Phi) is 5.43. The first-order valence-corrected chi connectivity index (χ1v) is 8.17. The van der Waals surface area contributed by atoms with E-state index in [0.29, 0.717) is 16.8 Å². The summed E-state index contributed by atoms with van der Waals surface area (Å²) >= 11 is 3.34. The molecule has 0 fully saturated rings. The Hall–Kier alpha value is -0.790. The number of hydrogen-bond donors (Lipinski definition) is 1. The van der Waals surface area contributed by atoms with Crippen LogP contribution in [-0.2, 0) is 14.8 Å². The molecule has 0 saturated carbocycles. The zero-order chi connectivity index (χ0) is 13.8. The Balaban J connectivity index is 3.16. The van der Waals surface area contributed by atoms with Gasteiger partial charge < -0.3 is 9.47 Å². The van der Waals surface area contributed by atoms with Crippen molar-refractivity contribution in [3.05, 3.63) is 23.8 Å². The fourth-order valence-electron chi connectivity index (χ4n) is 1.49. The van der Waals surface area contributed by atoms with Crippen molar-refractivity contribution in [1.29, 1.82) is 0 Å². The third kappa shape index (κ3) is 4.15. The van der Waals surface area contributed by atoms with Gasteiger partial charge in [0.1, 0.15) is 5.75 Å². The molecule has 1 aromatic rings. The molecule has 0 spiro atoms. The molecule has 0 aromatic heterocycles. The Labute approximate surface area is 116 Å². The Morgan fingerprint density at radius 3 is 2.50 bits per heavy atom. The van der Waals surface area contributed by atoms with Gasteiger partial charge in [-0.05, 0) is 17.7 Å². The van der Waals surface area contributed by atoms with E-state index in [9.17, 15) is 8.42 Å². The lowest BCUT2D eigenvalue weighted by Crippen LogP contribution is -2.11. The fourth-order valence-corrected chi connectivity index (χ4v) is 2.69. The highest BCUT2D eigenvalue weighted by atomic mass is 79.9. The van der Waals surface area contributed by atoms with Gasteiger partial charge in [0.05, 0.1) is 25.2 Å². The van der Waals surface area contributed by atoms with Crippen LogP contribution in [0.15, 0.2) is 18.2 Å². The summed E-state index contributed by atoms with van der Waals surface area (Å²) in [4.78, 5) is 0. The number of hydrogen-bond acceptors (Lipinski definition) is 4. The quantitative estimate of drug-likeness (QED) is 0.808. The molecule has 0 saturated heterocycles. The van der Waals surface area contributed by atoms with Gasteiger partial charge in [-0.25, -0.2) is 8.42 Å². The summed E-state index contributed by atoms with van der Waals surface area (Å²) in [7, 11) is -0.264. The number of sulfonamides is 1. The molecule has 1 aromatic carbocycles. The number of ether oxygens (including phenoxy) is 2. The molecular formula is C11H16BrNO4S. The molecule has 0 aliphatic carbocycles. The molecule has 0 aliphatic heterocycles. The second-order valence-electron chi connectivity index (χ2n) is 3.71. The maximum absolute atomic E-state index is 11.3. The van der Waals surface area contributed by atoms with Crippen molar-refractivity contribution in [1.82, 2.24) is 0 Å². The molecule has 7 heteroatoms. The van der Waals surface area contributed by atoms with Gasteiger partial charge in [0.2, 0.25) is 10.0 Å². The summed E-state index contributed by atoms with van der Waals surface area (Å²) in [6.45, 7) is 0. The van der Waals surface area contributed by atoms with Crippen LogP contribution in [0.25, 0.3) is 0 Å². The van der Waals surface area contributed by atoms with Gasteiger partial charge in [-0.3, -0.25) is 4.72 Å². The van der Waals surface area contributed by atoms with Gasteiger partial charge in [0.25, 0.3) is 0 Å². The first-order valence-electron chi connectivity index (χ1n) is 5.15. The molecule has 0 heterocycles. The monoisotopic (exact) mass is 337 g/mol. The minimum absolute atomic E-state index is 0.143. The molecule has 5 nitrogen and oxygen atoms in total. The summed E-state index contributed by atoms with van der Waals surface area (Å²) in [5.41, 5.74) is 1.27. The third-order valence-electron chi connectivity index (χ3n) is 2.32. The van der Waals surface area contributed by atoms with Crippen molar-refractivity contribution < 1.29 is 17.9 Å². The van der Waals surface area contributed by atoms with Crippen molar-refractivity contribution in [2.75, 3.05) is 30.5 Å². The minimum atomic E-state index is -3.35. The predicted molar refractivity (Wildman–Crippen MR) is 75.0 cm³/mol. The van der Waals surface area contributed by atoms with E-state index < -0.39 is 10.0 Å². The summed E-state index contributed by atoms with van der Waals surface area (Å²) < 4.78 is 35.4. The van der Waals surface area contributed by atoms with E-state index in [1.165, 1.54) is 7.11 Å². The van der Waals surface area contributed by atoms with Crippen molar-refractivity contribution in [3.8, 4) is 5.75 Å². The fraction of sp³-hybridized carbons (Fsp3) is 0.455. The van der Waals surface area contributed by atoms with E-state index in [1.54, 1.807) is 19.2 Å². The summed E-state index contributed by atoms with van der Waals surface area (Å²) in [5, 5.41) is 0.619. The highest BCUT2D eigenvalue weighted by molar-refractivity contribution is 9.09. The van der Waals surface area contributed by atoms with E-state index in [0.717, 1.165) is 11.8 Å². The molecule has 18 heavy (non-hydrogen) atoms. The number of alkyl halides is 1. The van der Waals surface area contributed by atoms with Gasteiger partial charge in [-0.2, -0.15) is 0 Å². The van der Waals surface area contributed by atoms with Crippen LogP contribution in [0.2, 0.25) is 0 Å². The second-order valence-corrected chi connectivity index (χ2v) is 6.11. The first-order chi connectivity index (χ1) is 8.41. The molecule has 0 amide bonds. The maximum atomic E-state index is 11.3. The molecular weight excluding hydrogens is 322 g/mol. The van der Waals surface area contributed by atoms with Crippen LogP contribution in [0.3, 0.4) is 0 Å². The summed E-state index contributed by atoms with van der Waals surface area (Å²) in [6.07, 6.45) is 0.952. The smallest absolute Gasteiger partial charge is 0.229 e. The summed E-state index contributed by atoms with van der Waals surface area (Å²) in [5.74, 6) is 0.466. The highest BCUT2D eigenvalue weighted by Crippen LogP contribution is 2.30. The standard InChI is InChI=1S/C11H16BrNO4S/c1-16-10-5-4-8(11(7-12)17-2)6-9(10)13-18(3,14)15/h4-6,11,13H,7H2,1-3H3. The Morgan fingerprint density at radius 1 is 1.39 bits per heavy atom. The van der Waals surface area contributed by atoms with E-state index in [2.05, 4.69) is 20.7 Å². The van der Waals surface area contributed by atoms with E-state index in [-0.39, 0.29) is 6.10 Å². The third-order valence-corrected chi connectivity index (χ3v) is 3.49. The van der Waals surface area contributed by atoms with Crippen LogP contribution in [-0.4, -0.2) is 34.2 Å². The lowest BCUT2D eigenvalue weighted by molar-refractivity contribution is 0.124. The van der Waals surface area contributed by atoms with E-state index in [4.69, 9.17) is 9.47 Å². The zero-order valence-electron chi connectivity index (χ0n) is 10.4. The van der Waals surface area contributed by atoms with Crippen LogP contribution in [0, 0.1) is 0 Å². The van der Waals surface area contributed by atoms with Crippen LogP contribution >= 0.6 is 15.9 Å². The number of benzene rings is 1. The zero-order valence-corrected chi connectivity index (χ0v) is 12.8. The van der Waals surface area contributed by atoms with E-state index >= 15 is 0 Å². The van der Waals surface area contributed by atoms with Crippen molar-refractivity contribution >= 4 is 31.6 Å². The van der Waals surface area contributed by atoms with E-state index in [1.807, 2.05) is 6.07 Å². The highest BCUT2D eigenvalue weighted by Gasteiger charge is 2.14. The molecule has 102 valence electrons. The van der Waals surface area contributed by atoms with Crippen molar-refractivity contribution in [2.24, 2.45) is 0 Å². The average molecular weight is 338 g/mol. The predicted octanol–water partition coefficient (Wildman–Crippen LogP) is 2.15. The Morgan fingerprint density at radius 2 is 2.06 bits per heavy atom. The average Bonchev–Trinajstić information content (AvgIpc) is 2.29. The lowest BCUT2D eigenvalue weighted by Gasteiger charge is -2.16. The van der Waals surface area contributed by atoms with Gasteiger partial charge in [0, 0.05) is 12.4 Å². The molecule has 0 bridgehead atoms. The molecule has 0 radical (unpaired) electrons. The SMILES string of the molecule is COc1ccc(C(CBr)OC)cc1NS(C)(=O)=O. The number of methoxy groups -OCH3 is 2. The van der Waals surface area contributed by atoms with Crippen LogP contribution < -0.4 is 9.46 Å². The molecule has 1 rings (SSSR count). The first kappa shape index (κ1) is 15.3. The number of rotatable bonds is 6. The van der Waals surface area contributed by atoms with Crippen LogP contribution in [0.5, 0.6) is 5.75 Å². The molecule has 1 unspecified atom stereocenters. The number of nitrogens with one attached hydrogen (secondary N) is 1. The normalized spacial score (nSPS) is 13.1. The topological polar surface area (TPSA) is 64.6 Å². The molecule has 0 aliphatic rings. The van der Waals surface area contributed by atoms with Crippen LogP contribution in [0.4, 0.5) is 5.69 Å². The number of anilines is 1. The van der Waals surface area contributed by atoms with Crippen molar-refractivity contribution in [3.63, 3.8) is 0 Å². The largest absolute Gasteiger partial charge is 0.495 e. The van der Waals surface area contributed by atoms with Crippen LogP contribution in [0.1, 0.15) is 11.7 Å². The lowest BCUT2D eigenvalue weighted by atomic mass is 10.1. The van der Waals surface area contributed by atoms with Crippen molar-refractivity contribution in [2.45, 2.75) is 6.10 Å². The number of halogens is 1. The van der Waals surface area contributed by atoms with Gasteiger partial charge in [-0.1, -0.05) is 22.0 Å². The second kappa shape index (κ2) is 6.40. The molecule has 1 atom stereocenters. The Bertz CT molecular complexity index is 500. The molecule has 1 N–H and O–H groups in total. The van der Waals surface area contributed by atoms with Gasteiger partial charge in [-0.15, -0.1) is 0 Å². The van der Waals surface area contributed by atoms with Gasteiger partial charge >= 0.3 is 0 Å². The summed E-state index contributed by atoms with van der Waals surface area (Å²) in [6, 6.07) is 5.24. The maximum Gasteiger partial charge on any atom is 0.229 e. The minimum Gasteiger partial charge on any atom is -0.495 e. The van der Waals surface area contributed by atoms with Gasteiger partial charge in [0.15, 0.2) is 0 Å².